The maximum atomic E-state index is 13.7. The first-order valence-corrected chi connectivity index (χ1v) is 6.95. The van der Waals surface area contributed by atoms with E-state index < -0.39 is 18.5 Å². The second kappa shape index (κ2) is 4.51. The van der Waals surface area contributed by atoms with Crippen LogP contribution in [0.4, 0.5) is 14.5 Å². The Morgan fingerprint density at radius 3 is 2.86 bits per heavy atom. The van der Waals surface area contributed by atoms with E-state index >= 15 is 0 Å². The molecule has 2 N–H and O–H groups in total. The summed E-state index contributed by atoms with van der Waals surface area (Å²) in [7, 11) is 0. The highest BCUT2D eigenvalue weighted by Gasteiger charge is 2.48. The summed E-state index contributed by atoms with van der Waals surface area (Å²) >= 11 is 0. The Hall–Kier alpha value is -1.98. The number of hydrogen-bond acceptors (Lipinski definition) is 4. The summed E-state index contributed by atoms with van der Waals surface area (Å²) in [5.41, 5.74) is 7.55. The molecule has 3 rings (SSSR count). The molecule has 0 spiro atoms. The molecule has 1 atom stereocenters. The fourth-order valence-electron chi connectivity index (χ4n) is 2.93. The van der Waals surface area contributed by atoms with E-state index in [0.717, 1.165) is 0 Å². The summed E-state index contributed by atoms with van der Waals surface area (Å²) in [6.07, 6.45) is -0.296. The van der Waals surface area contributed by atoms with E-state index in [1.165, 1.54) is 4.90 Å². The van der Waals surface area contributed by atoms with Gasteiger partial charge >= 0.3 is 0 Å². The third kappa shape index (κ3) is 2.28. The minimum atomic E-state index is -2.79. The first-order chi connectivity index (χ1) is 9.78. The van der Waals surface area contributed by atoms with Crippen molar-refractivity contribution in [3.8, 4) is 0 Å². The molecule has 0 aromatic heterocycles. The van der Waals surface area contributed by atoms with Gasteiger partial charge in [-0.05, 0) is 18.2 Å². The van der Waals surface area contributed by atoms with Gasteiger partial charge in [-0.3, -0.25) is 4.79 Å². The van der Waals surface area contributed by atoms with Crippen LogP contribution in [0.5, 0.6) is 0 Å². The van der Waals surface area contributed by atoms with Crippen molar-refractivity contribution in [1.29, 1.82) is 0 Å². The number of nitrogens with two attached hydrogens (primary N) is 1. The molecule has 0 bridgehead atoms. The number of halogens is 2. The van der Waals surface area contributed by atoms with Gasteiger partial charge in [0, 0.05) is 23.5 Å². The molecule has 0 saturated carbocycles. The summed E-state index contributed by atoms with van der Waals surface area (Å²) in [6.45, 7) is 3.21. The molecule has 0 amide bonds. The molecule has 4 nitrogen and oxygen atoms in total. The van der Waals surface area contributed by atoms with Crippen LogP contribution in [0.25, 0.3) is 0 Å². The van der Waals surface area contributed by atoms with Crippen LogP contribution in [0.3, 0.4) is 0 Å². The maximum Gasteiger partial charge on any atom is 0.267 e. The lowest BCUT2D eigenvalue weighted by atomic mass is 9.94. The van der Waals surface area contributed by atoms with Crippen LogP contribution in [-0.4, -0.2) is 29.1 Å². The van der Waals surface area contributed by atoms with Gasteiger partial charge in [-0.1, -0.05) is 13.8 Å². The van der Waals surface area contributed by atoms with Crippen molar-refractivity contribution in [3.63, 3.8) is 0 Å². The van der Waals surface area contributed by atoms with Gasteiger partial charge in [-0.15, -0.1) is 0 Å². The highest BCUT2D eigenvalue weighted by Crippen LogP contribution is 2.46. The Morgan fingerprint density at radius 1 is 1.48 bits per heavy atom. The summed E-state index contributed by atoms with van der Waals surface area (Å²) in [5.74, 6) is -2.81. The van der Waals surface area contributed by atoms with Crippen molar-refractivity contribution in [2.24, 2.45) is 16.6 Å². The predicted octanol–water partition coefficient (Wildman–Crippen LogP) is 2.87. The molecular formula is C15H17F2N3O. The van der Waals surface area contributed by atoms with Gasteiger partial charge < -0.3 is 10.6 Å². The van der Waals surface area contributed by atoms with Crippen LogP contribution in [0.15, 0.2) is 23.2 Å². The molecule has 1 saturated heterocycles. The number of carbonyl (C=O) groups is 1. The molecule has 2 aliphatic heterocycles. The lowest BCUT2D eigenvalue weighted by Gasteiger charge is -2.30. The van der Waals surface area contributed by atoms with Gasteiger partial charge in [0.05, 0.1) is 18.3 Å². The molecule has 1 aromatic rings. The van der Waals surface area contributed by atoms with Crippen LogP contribution < -0.4 is 5.73 Å². The standard InChI is InChI=1S/C15H17F2N3O/c1-8(2)13(21)9-3-4-11-10(5-9)12-6-15(16,17)7-20(12)14(18)19-11/h3-5,8,12H,6-7H2,1-2H3,(H2,18,19). The smallest absolute Gasteiger partial charge is 0.267 e. The third-order valence-electron chi connectivity index (χ3n) is 3.99. The molecule has 0 aliphatic carbocycles. The number of Topliss-reactive ketones (excluding diaryl/α,β-unsaturated/α-hetero) is 1. The van der Waals surface area contributed by atoms with Crippen LogP contribution in [0, 0.1) is 5.92 Å². The minimum Gasteiger partial charge on any atom is -0.369 e. The van der Waals surface area contributed by atoms with E-state index in [9.17, 15) is 13.6 Å². The average molecular weight is 293 g/mol. The van der Waals surface area contributed by atoms with Gasteiger partial charge in [0.15, 0.2) is 11.7 Å². The van der Waals surface area contributed by atoms with Crippen molar-refractivity contribution in [1.82, 2.24) is 4.90 Å². The highest BCUT2D eigenvalue weighted by molar-refractivity contribution is 5.98. The van der Waals surface area contributed by atoms with Crippen LogP contribution in [0.2, 0.25) is 0 Å². The molecule has 0 radical (unpaired) electrons. The summed E-state index contributed by atoms with van der Waals surface area (Å²) < 4.78 is 27.4. The van der Waals surface area contributed by atoms with E-state index in [0.29, 0.717) is 16.8 Å². The topological polar surface area (TPSA) is 58.7 Å². The molecule has 6 heteroatoms. The maximum absolute atomic E-state index is 13.7. The van der Waals surface area contributed by atoms with Crippen molar-refractivity contribution >= 4 is 17.4 Å². The zero-order chi connectivity index (χ0) is 15.4. The van der Waals surface area contributed by atoms with Crippen LogP contribution in [-0.2, 0) is 0 Å². The largest absolute Gasteiger partial charge is 0.369 e. The van der Waals surface area contributed by atoms with E-state index in [2.05, 4.69) is 4.99 Å². The predicted molar refractivity (Wildman–Crippen MR) is 75.9 cm³/mol. The lowest BCUT2D eigenvalue weighted by molar-refractivity contribution is 0.0165. The Kier molecular flexibility index (Phi) is 3.00. The molecular weight excluding hydrogens is 276 g/mol. The minimum absolute atomic E-state index is 0.00312. The summed E-state index contributed by atoms with van der Waals surface area (Å²) in [4.78, 5) is 17.7. The number of benzene rings is 1. The van der Waals surface area contributed by atoms with E-state index in [1.54, 1.807) is 18.2 Å². The highest BCUT2D eigenvalue weighted by atomic mass is 19.3. The van der Waals surface area contributed by atoms with E-state index in [4.69, 9.17) is 5.73 Å². The monoisotopic (exact) mass is 293 g/mol. The number of ketones is 1. The van der Waals surface area contributed by atoms with Crippen LogP contribution >= 0.6 is 0 Å². The number of nitrogens with zero attached hydrogens (tertiary/aromatic N) is 2. The normalized spacial score (nSPS) is 22.8. The Bertz CT molecular complexity index is 640. The second-order valence-corrected chi connectivity index (χ2v) is 5.97. The van der Waals surface area contributed by atoms with E-state index in [1.807, 2.05) is 13.8 Å². The van der Waals surface area contributed by atoms with Gasteiger partial charge in [0.1, 0.15) is 0 Å². The molecule has 1 aromatic carbocycles. The van der Waals surface area contributed by atoms with Crippen LogP contribution in [0.1, 0.15) is 42.2 Å². The van der Waals surface area contributed by atoms with Gasteiger partial charge in [0.2, 0.25) is 0 Å². The molecule has 1 fully saturated rings. The zero-order valence-electron chi connectivity index (χ0n) is 11.9. The Balaban J connectivity index is 2.06. The Labute approximate surface area is 121 Å². The molecule has 1 unspecified atom stereocenters. The molecule has 2 aliphatic rings. The lowest BCUT2D eigenvalue weighted by Crippen LogP contribution is -2.40. The van der Waals surface area contributed by atoms with Crippen molar-refractivity contribution < 1.29 is 13.6 Å². The number of rotatable bonds is 2. The zero-order valence-corrected chi connectivity index (χ0v) is 11.9. The molecule has 112 valence electrons. The van der Waals surface area contributed by atoms with Crippen molar-refractivity contribution in [2.45, 2.75) is 32.2 Å². The average Bonchev–Trinajstić information content (AvgIpc) is 2.74. The van der Waals surface area contributed by atoms with E-state index in [-0.39, 0.29) is 24.1 Å². The fraction of sp³-hybridized carbons (Fsp3) is 0.467. The number of aliphatic imine (C=N–C) groups is 1. The van der Waals surface area contributed by atoms with Crippen molar-refractivity contribution in [2.75, 3.05) is 6.54 Å². The SMILES string of the molecule is CC(C)C(=O)c1ccc2c(c1)C1CC(F)(F)CN1C(N)=N2. The summed E-state index contributed by atoms with van der Waals surface area (Å²) in [6, 6.07) is 4.55. The number of fused-ring (bicyclic) bond motifs is 3. The number of guanidine groups is 1. The van der Waals surface area contributed by atoms with Crippen molar-refractivity contribution in [3.05, 3.63) is 29.3 Å². The van der Waals surface area contributed by atoms with Gasteiger partial charge in [-0.2, -0.15) is 0 Å². The number of alkyl halides is 2. The molecule has 21 heavy (non-hydrogen) atoms. The quantitative estimate of drug-likeness (QED) is 0.853. The fourth-order valence-corrected chi connectivity index (χ4v) is 2.93. The molecule has 2 heterocycles. The first kappa shape index (κ1) is 14.0. The number of carbonyl (C=O) groups excluding carboxylic acids is 1. The Morgan fingerprint density at radius 2 is 2.19 bits per heavy atom. The first-order valence-electron chi connectivity index (χ1n) is 6.95. The second-order valence-electron chi connectivity index (χ2n) is 5.97. The van der Waals surface area contributed by atoms with Gasteiger partial charge in [0.25, 0.3) is 5.92 Å². The number of hydrogen-bond donors (Lipinski definition) is 1. The van der Waals surface area contributed by atoms with Gasteiger partial charge in [-0.25, -0.2) is 13.8 Å². The third-order valence-corrected chi connectivity index (χ3v) is 3.99. The summed E-state index contributed by atoms with van der Waals surface area (Å²) in [5, 5.41) is 0.